The molecule has 2 amide bonds. The number of imidazole rings is 1. The number of halogens is 1. The van der Waals surface area contributed by atoms with Gasteiger partial charge in [-0.15, -0.1) is 0 Å². The van der Waals surface area contributed by atoms with Crippen LogP contribution >= 0.6 is 0 Å². The molecule has 0 atom stereocenters. The third-order valence-electron chi connectivity index (χ3n) is 4.04. The highest BCUT2D eigenvalue weighted by Gasteiger charge is 2.27. The third kappa shape index (κ3) is 3.70. The van der Waals surface area contributed by atoms with Crippen LogP contribution < -0.4 is 10.6 Å². The molecule has 3 rings (SSSR count). The maximum atomic E-state index is 13.3. The number of rotatable bonds is 4. The van der Waals surface area contributed by atoms with E-state index in [0.717, 1.165) is 18.5 Å². The lowest BCUT2D eigenvalue weighted by molar-refractivity contribution is 0.0927. The number of aromatic nitrogens is 2. The van der Waals surface area contributed by atoms with Crippen molar-refractivity contribution in [1.82, 2.24) is 14.9 Å². The molecular formula is C18H21FN4O2. The van der Waals surface area contributed by atoms with Gasteiger partial charge in [0.05, 0.1) is 5.69 Å². The van der Waals surface area contributed by atoms with Crippen molar-refractivity contribution >= 4 is 17.5 Å². The summed E-state index contributed by atoms with van der Waals surface area (Å²) < 4.78 is 15.1. The Labute approximate surface area is 145 Å². The Bertz CT molecular complexity index is 813. The van der Waals surface area contributed by atoms with Crippen molar-refractivity contribution in [3.63, 3.8) is 0 Å². The summed E-state index contributed by atoms with van der Waals surface area (Å²) in [5.74, 6) is -0.891. The number of anilines is 1. The van der Waals surface area contributed by atoms with Crippen molar-refractivity contribution in [3.8, 4) is 0 Å². The molecule has 0 unspecified atom stereocenters. The zero-order valence-electron chi connectivity index (χ0n) is 14.3. The molecule has 1 aliphatic heterocycles. The van der Waals surface area contributed by atoms with Gasteiger partial charge in [0.1, 0.15) is 5.82 Å². The van der Waals surface area contributed by atoms with Crippen LogP contribution in [-0.2, 0) is 13.0 Å². The Kier molecular flexibility index (Phi) is 4.83. The SMILES string of the molecule is CC(C)NC(=O)c1nc(C(=O)Nc2cccc(F)c2)c2n1CCCC2. The fraction of sp³-hybridized carbons (Fsp3) is 0.389. The van der Waals surface area contributed by atoms with Crippen LogP contribution in [0.3, 0.4) is 0 Å². The van der Waals surface area contributed by atoms with Crippen LogP contribution in [0.15, 0.2) is 24.3 Å². The molecule has 25 heavy (non-hydrogen) atoms. The molecule has 0 saturated heterocycles. The van der Waals surface area contributed by atoms with Gasteiger partial charge in [0, 0.05) is 18.3 Å². The summed E-state index contributed by atoms with van der Waals surface area (Å²) in [6.45, 7) is 4.40. The average Bonchev–Trinajstić information content (AvgIpc) is 2.94. The fourth-order valence-electron chi connectivity index (χ4n) is 2.98. The van der Waals surface area contributed by atoms with Crippen LogP contribution in [0, 0.1) is 5.82 Å². The lowest BCUT2D eigenvalue weighted by Gasteiger charge is -2.17. The first kappa shape index (κ1) is 17.1. The molecule has 1 aromatic heterocycles. The summed E-state index contributed by atoms with van der Waals surface area (Å²) in [6, 6.07) is 5.66. The van der Waals surface area contributed by atoms with Crippen LogP contribution in [0.2, 0.25) is 0 Å². The summed E-state index contributed by atoms with van der Waals surface area (Å²) in [5, 5.41) is 5.47. The van der Waals surface area contributed by atoms with E-state index in [-0.39, 0.29) is 23.5 Å². The molecule has 1 aromatic carbocycles. The summed E-state index contributed by atoms with van der Waals surface area (Å²) in [7, 11) is 0. The normalized spacial score (nSPS) is 13.4. The van der Waals surface area contributed by atoms with Crippen molar-refractivity contribution in [2.24, 2.45) is 0 Å². The van der Waals surface area contributed by atoms with Crippen molar-refractivity contribution in [2.75, 3.05) is 5.32 Å². The summed E-state index contributed by atoms with van der Waals surface area (Å²) in [5.41, 5.74) is 1.35. The molecule has 6 nitrogen and oxygen atoms in total. The van der Waals surface area contributed by atoms with Crippen molar-refractivity contribution in [2.45, 2.75) is 45.7 Å². The molecule has 0 spiro atoms. The van der Waals surface area contributed by atoms with E-state index in [2.05, 4.69) is 15.6 Å². The van der Waals surface area contributed by atoms with Gasteiger partial charge in [0.2, 0.25) is 0 Å². The van der Waals surface area contributed by atoms with Crippen LogP contribution in [0.25, 0.3) is 0 Å². The Balaban J connectivity index is 1.91. The maximum Gasteiger partial charge on any atom is 0.287 e. The van der Waals surface area contributed by atoms with Gasteiger partial charge in [-0.2, -0.15) is 0 Å². The lowest BCUT2D eigenvalue weighted by atomic mass is 10.1. The van der Waals surface area contributed by atoms with E-state index >= 15 is 0 Å². The minimum atomic E-state index is -0.431. The van der Waals surface area contributed by atoms with Crippen LogP contribution in [0.5, 0.6) is 0 Å². The monoisotopic (exact) mass is 344 g/mol. The van der Waals surface area contributed by atoms with Gasteiger partial charge >= 0.3 is 0 Å². The van der Waals surface area contributed by atoms with Gasteiger partial charge in [-0.25, -0.2) is 9.37 Å². The summed E-state index contributed by atoms with van der Waals surface area (Å²) in [4.78, 5) is 29.3. The van der Waals surface area contributed by atoms with Gasteiger partial charge < -0.3 is 15.2 Å². The zero-order valence-corrected chi connectivity index (χ0v) is 14.3. The van der Waals surface area contributed by atoms with E-state index < -0.39 is 11.7 Å². The molecule has 132 valence electrons. The maximum absolute atomic E-state index is 13.3. The van der Waals surface area contributed by atoms with Gasteiger partial charge in [-0.3, -0.25) is 9.59 Å². The molecule has 0 bridgehead atoms. The number of nitrogens with zero attached hydrogens (tertiary/aromatic N) is 2. The first-order valence-electron chi connectivity index (χ1n) is 8.43. The molecular weight excluding hydrogens is 323 g/mol. The highest BCUT2D eigenvalue weighted by molar-refractivity contribution is 6.05. The van der Waals surface area contributed by atoms with Gasteiger partial charge in [-0.05, 0) is 51.3 Å². The van der Waals surface area contributed by atoms with Crippen LogP contribution in [-0.4, -0.2) is 27.4 Å². The third-order valence-corrected chi connectivity index (χ3v) is 4.04. The predicted octanol–water partition coefficient (Wildman–Crippen LogP) is 2.75. The Morgan fingerprint density at radius 1 is 1.24 bits per heavy atom. The minimum Gasteiger partial charge on any atom is -0.347 e. The van der Waals surface area contributed by atoms with E-state index in [1.165, 1.54) is 18.2 Å². The van der Waals surface area contributed by atoms with E-state index in [0.29, 0.717) is 18.7 Å². The number of nitrogens with one attached hydrogen (secondary N) is 2. The van der Waals surface area contributed by atoms with Gasteiger partial charge in [0.15, 0.2) is 11.5 Å². The molecule has 0 saturated carbocycles. The Morgan fingerprint density at radius 3 is 2.76 bits per heavy atom. The molecule has 0 radical (unpaired) electrons. The molecule has 2 aromatic rings. The zero-order chi connectivity index (χ0) is 18.0. The van der Waals surface area contributed by atoms with E-state index in [1.54, 1.807) is 6.07 Å². The van der Waals surface area contributed by atoms with E-state index in [1.807, 2.05) is 18.4 Å². The smallest absolute Gasteiger partial charge is 0.287 e. The number of hydrogen-bond acceptors (Lipinski definition) is 3. The molecule has 0 fully saturated rings. The number of benzene rings is 1. The topological polar surface area (TPSA) is 76.0 Å². The number of amides is 2. The van der Waals surface area contributed by atoms with Crippen LogP contribution in [0.4, 0.5) is 10.1 Å². The highest BCUT2D eigenvalue weighted by Crippen LogP contribution is 2.22. The molecule has 1 aliphatic rings. The highest BCUT2D eigenvalue weighted by atomic mass is 19.1. The molecule has 7 heteroatoms. The number of hydrogen-bond donors (Lipinski definition) is 2. The molecule has 2 N–H and O–H groups in total. The minimum absolute atomic E-state index is 0.0198. The van der Waals surface area contributed by atoms with Crippen molar-refractivity contribution in [1.29, 1.82) is 0 Å². The lowest BCUT2D eigenvalue weighted by Crippen LogP contribution is -2.33. The second-order valence-electron chi connectivity index (χ2n) is 6.43. The van der Waals surface area contributed by atoms with Crippen LogP contribution in [0.1, 0.15) is 53.5 Å². The summed E-state index contributed by atoms with van der Waals surface area (Å²) >= 11 is 0. The standard InChI is InChI=1S/C18H21FN4O2/c1-11(2)20-18(25)16-22-15(14-8-3-4-9-23(14)16)17(24)21-13-7-5-6-12(19)10-13/h5-7,10-11H,3-4,8-9H2,1-2H3,(H,20,25)(H,21,24). The quantitative estimate of drug-likeness (QED) is 0.895. The first-order valence-corrected chi connectivity index (χ1v) is 8.43. The van der Waals surface area contributed by atoms with Crippen molar-refractivity contribution in [3.05, 3.63) is 47.3 Å². The first-order chi connectivity index (χ1) is 12.0. The van der Waals surface area contributed by atoms with Crippen molar-refractivity contribution < 1.29 is 14.0 Å². The molecule has 2 heterocycles. The van der Waals surface area contributed by atoms with E-state index in [4.69, 9.17) is 0 Å². The fourth-order valence-corrected chi connectivity index (χ4v) is 2.98. The second-order valence-corrected chi connectivity index (χ2v) is 6.43. The number of carbonyl (C=O) groups excluding carboxylic acids is 2. The molecule has 0 aliphatic carbocycles. The summed E-state index contributed by atoms with van der Waals surface area (Å²) in [6.07, 6.45) is 2.57. The number of fused-ring (bicyclic) bond motifs is 1. The Hall–Kier alpha value is -2.70. The second kappa shape index (κ2) is 7.04. The number of carbonyl (C=O) groups is 2. The Morgan fingerprint density at radius 2 is 2.04 bits per heavy atom. The van der Waals surface area contributed by atoms with Gasteiger partial charge in [-0.1, -0.05) is 6.07 Å². The predicted molar refractivity (Wildman–Crippen MR) is 92.1 cm³/mol. The van der Waals surface area contributed by atoms with Gasteiger partial charge in [0.25, 0.3) is 11.8 Å². The largest absolute Gasteiger partial charge is 0.347 e. The average molecular weight is 344 g/mol. The van der Waals surface area contributed by atoms with E-state index in [9.17, 15) is 14.0 Å².